The largest absolute Gasteiger partial charge is 0.309 e. The summed E-state index contributed by atoms with van der Waals surface area (Å²) in [5, 5.41) is 4.36. The van der Waals surface area contributed by atoms with Crippen LogP contribution in [0.3, 0.4) is 0 Å². The fourth-order valence-electron chi connectivity index (χ4n) is 2.81. The van der Waals surface area contributed by atoms with Gasteiger partial charge < -0.3 is 0 Å². The van der Waals surface area contributed by atoms with Gasteiger partial charge in [0.15, 0.2) is 5.82 Å². The van der Waals surface area contributed by atoms with E-state index in [-0.39, 0.29) is 5.82 Å². The number of hydrogen-bond acceptors (Lipinski definition) is 4. The first-order valence-electron chi connectivity index (χ1n) is 9.06. The number of hydrogen-bond donors (Lipinski definition) is 2. The van der Waals surface area contributed by atoms with Gasteiger partial charge in [-0.3, -0.25) is 20.4 Å². The Balaban J connectivity index is 1.60. The lowest BCUT2D eigenvalue weighted by Crippen LogP contribution is -2.42. The first kappa shape index (κ1) is 19.5. The lowest BCUT2D eigenvalue weighted by Gasteiger charge is -2.06. The number of rotatable bonds is 4. The van der Waals surface area contributed by atoms with Crippen LogP contribution in [0.4, 0.5) is 0 Å². The summed E-state index contributed by atoms with van der Waals surface area (Å²) in [4.78, 5) is 29.3. The van der Waals surface area contributed by atoms with Crippen molar-refractivity contribution in [3.05, 3.63) is 101 Å². The lowest BCUT2D eigenvalue weighted by molar-refractivity contribution is 0.0840. The highest BCUT2D eigenvalue weighted by atomic mass is 79.9. The summed E-state index contributed by atoms with van der Waals surface area (Å²) < 4.78 is 2.22. The average molecular weight is 462 g/mol. The Kier molecular flexibility index (Phi) is 5.67. The molecule has 30 heavy (non-hydrogen) atoms. The second-order valence-corrected chi connectivity index (χ2v) is 7.11. The van der Waals surface area contributed by atoms with Gasteiger partial charge in [-0.05, 0) is 40.2 Å². The van der Waals surface area contributed by atoms with E-state index in [9.17, 15) is 9.59 Å². The van der Waals surface area contributed by atoms with Crippen molar-refractivity contribution < 1.29 is 9.59 Å². The number of halogens is 1. The van der Waals surface area contributed by atoms with Gasteiger partial charge in [0.25, 0.3) is 5.91 Å². The van der Waals surface area contributed by atoms with Crippen LogP contribution in [0.1, 0.15) is 21.0 Å². The SMILES string of the molecule is O=C(NNC(=O)c1ccccc1Br)c1nc(-c2ccccc2)n(-c2ccccc2)n1. The van der Waals surface area contributed by atoms with Gasteiger partial charge in [0.05, 0.1) is 11.3 Å². The maximum Gasteiger partial charge on any atom is 0.309 e. The summed E-state index contributed by atoms with van der Waals surface area (Å²) in [6, 6.07) is 25.8. The first-order chi connectivity index (χ1) is 14.6. The quantitative estimate of drug-likeness (QED) is 0.452. The minimum atomic E-state index is -0.623. The van der Waals surface area contributed by atoms with E-state index >= 15 is 0 Å². The molecule has 2 amide bonds. The molecule has 2 N–H and O–H groups in total. The van der Waals surface area contributed by atoms with E-state index in [1.165, 1.54) is 0 Å². The van der Waals surface area contributed by atoms with Crippen LogP contribution in [-0.2, 0) is 0 Å². The summed E-state index contributed by atoms with van der Waals surface area (Å²) in [5.74, 6) is -0.627. The zero-order valence-electron chi connectivity index (χ0n) is 15.6. The van der Waals surface area contributed by atoms with Crippen molar-refractivity contribution in [2.24, 2.45) is 0 Å². The van der Waals surface area contributed by atoms with Gasteiger partial charge in [0, 0.05) is 10.0 Å². The molecule has 0 spiro atoms. The van der Waals surface area contributed by atoms with Crippen LogP contribution in [0.2, 0.25) is 0 Å². The molecule has 1 aromatic heterocycles. The van der Waals surface area contributed by atoms with Gasteiger partial charge in [-0.1, -0.05) is 60.7 Å². The second kappa shape index (κ2) is 8.71. The zero-order chi connectivity index (χ0) is 20.9. The normalized spacial score (nSPS) is 10.4. The highest BCUT2D eigenvalue weighted by molar-refractivity contribution is 9.10. The number of aromatic nitrogens is 3. The summed E-state index contributed by atoms with van der Waals surface area (Å²) >= 11 is 3.31. The van der Waals surface area contributed by atoms with E-state index in [4.69, 9.17) is 0 Å². The molecule has 0 aliphatic rings. The number of nitrogens with zero attached hydrogens (tertiary/aromatic N) is 3. The monoisotopic (exact) mass is 461 g/mol. The Morgan fingerprint density at radius 3 is 2.07 bits per heavy atom. The number of benzene rings is 3. The molecule has 0 aliphatic heterocycles. The van der Waals surface area contributed by atoms with E-state index in [0.29, 0.717) is 15.9 Å². The summed E-state index contributed by atoms with van der Waals surface area (Å²) in [7, 11) is 0. The van der Waals surface area contributed by atoms with Gasteiger partial charge in [-0.25, -0.2) is 9.67 Å². The number of amides is 2. The Labute approximate surface area is 180 Å². The predicted molar refractivity (Wildman–Crippen MR) is 116 cm³/mol. The molecule has 8 heteroatoms. The minimum Gasteiger partial charge on any atom is -0.267 e. The highest BCUT2D eigenvalue weighted by Gasteiger charge is 2.19. The Morgan fingerprint density at radius 2 is 1.37 bits per heavy atom. The van der Waals surface area contributed by atoms with Crippen LogP contribution in [0.25, 0.3) is 17.1 Å². The van der Waals surface area contributed by atoms with E-state index in [1.807, 2.05) is 60.7 Å². The third-order valence-electron chi connectivity index (χ3n) is 4.25. The predicted octanol–water partition coefficient (Wildman–Crippen LogP) is 3.77. The maximum atomic E-state index is 12.6. The van der Waals surface area contributed by atoms with Crippen LogP contribution in [0.15, 0.2) is 89.4 Å². The summed E-state index contributed by atoms with van der Waals surface area (Å²) in [6.45, 7) is 0. The molecule has 1 heterocycles. The van der Waals surface area contributed by atoms with Gasteiger partial charge in [0.2, 0.25) is 5.82 Å². The maximum absolute atomic E-state index is 12.6. The number of hydrazine groups is 1. The fourth-order valence-corrected chi connectivity index (χ4v) is 3.28. The van der Waals surface area contributed by atoms with Crippen molar-refractivity contribution in [3.8, 4) is 17.1 Å². The minimum absolute atomic E-state index is 0.0647. The Morgan fingerprint density at radius 1 is 0.767 bits per heavy atom. The number of para-hydroxylation sites is 1. The molecule has 0 fully saturated rings. The fraction of sp³-hybridized carbons (Fsp3) is 0. The second-order valence-electron chi connectivity index (χ2n) is 6.26. The van der Waals surface area contributed by atoms with Crippen LogP contribution in [0, 0.1) is 0 Å². The molecule has 0 aliphatic carbocycles. The third-order valence-corrected chi connectivity index (χ3v) is 4.94. The molecule has 0 saturated carbocycles. The topological polar surface area (TPSA) is 88.9 Å². The van der Waals surface area contributed by atoms with E-state index in [2.05, 4.69) is 36.9 Å². The van der Waals surface area contributed by atoms with Crippen LogP contribution in [0.5, 0.6) is 0 Å². The molecule has 0 atom stereocenters. The molecule has 148 valence electrons. The van der Waals surface area contributed by atoms with Crippen molar-refractivity contribution >= 4 is 27.7 Å². The molecule has 0 bridgehead atoms. The van der Waals surface area contributed by atoms with Crippen molar-refractivity contribution in [1.82, 2.24) is 25.6 Å². The molecule has 4 aromatic rings. The first-order valence-corrected chi connectivity index (χ1v) is 9.86. The summed E-state index contributed by atoms with van der Waals surface area (Å²) in [6.07, 6.45) is 0. The molecule has 4 rings (SSSR count). The Hall–Kier alpha value is -3.78. The lowest BCUT2D eigenvalue weighted by atomic mass is 10.2. The standard InChI is InChI=1S/C22H16BrN5O2/c23-18-14-8-7-13-17(18)21(29)25-26-22(30)19-24-20(15-9-3-1-4-10-15)28(27-19)16-11-5-2-6-12-16/h1-14H,(H,25,29)(H,26,30). The summed E-state index contributed by atoms with van der Waals surface area (Å²) in [5.41, 5.74) is 6.73. The zero-order valence-corrected chi connectivity index (χ0v) is 17.2. The van der Waals surface area contributed by atoms with E-state index in [1.54, 1.807) is 28.9 Å². The van der Waals surface area contributed by atoms with Gasteiger partial charge in [-0.2, -0.15) is 0 Å². The van der Waals surface area contributed by atoms with Crippen molar-refractivity contribution in [2.75, 3.05) is 0 Å². The highest BCUT2D eigenvalue weighted by Crippen LogP contribution is 2.21. The molecule has 0 radical (unpaired) electrons. The molecular weight excluding hydrogens is 446 g/mol. The van der Waals surface area contributed by atoms with Crippen LogP contribution < -0.4 is 10.9 Å². The molecule has 0 unspecified atom stereocenters. The average Bonchev–Trinajstić information content (AvgIpc) is 3.24. The van der Waals surface area contributed by atoms with Crippen LogP contribution in [-0.4, -0.2) is 26.6 Å². The van der Waals surface area contributed by atoms with E-state index in [0.717, 1.165) is 11.3 Å². The molecular formula is C22H16BrN5O2. The number of carbonyl (C=O) groups excluding carboxylic acids is 2. The van der Waals surface area contributed by atoms with Gasteiger partial charge in [-0.15, -0.1) is 5.10 Å². The molecule has 3 aromatic carbocycles. The van der Waals surface area contributed by atoms with Crippen molar-refractivity contribution in [3.63, 3.8) is 0 Å². The van der Waals surface area contributed by atoms with Crippen molar-refractivity contribution in [1.29, 1.82) is 0 Å². The van der Waals surface area contributed by atoms with Crippen molar-refractivity contribution in [2.45, 2.75) is 0 Å². The third kappa shape index (κ3) is 4.13. The number of nitrogens with one attached hydrogen (secondary N) is 2. The van der Waals surface area contributed by atoms with Crippen LogP contribution >= 0.6 is 15.9 Å². The Bertz CT molecular complexity index is 1140. The van der Waals surface area contributed by atoms with E-state index < -0.39 is 11.8 Å². The molecule has 0 saturated heterocycles. The number of carbonyl (C=O) groups is 2. The smallest absolute Gasteiger partial charge is 0.267 e. The van der Waals surface area contributed by atoms with Gasteiger partial charge in [0.1, 0.15) is 0 Å². The molecule has 7 nitrogen and oxygen atoms in total. The van der Waals surface area contributed by atoms with Gasteiger partial charge >= 0.3 is 5.91 Å².